The lowest BCUT2D eigenvalue weighted by Crippen LogP contribution is -2.03. The normalized spacial score (nSPS) is 10.8. The molecule has 0 spiro atoms. The number of pyridine rings is 1. The fourth-order valence-electron chi connectivity index (χ4n) is 2.87. The summed E-state index contributed by atoms with van der Waals surface area (Å²) in [6, 6.07) is 18.0. The third-order valence-electron chi connectivity index (χ3n) is 4.23. The van der Waals surface area contributed by atoms with Gasteiger partial charge in [-0.3, -0.25) is 0 Å². The lowest BCUT2D eigenvalue weighted by molar-refractivity contribution is 0.415. The van der Waals surface area contributed by atoms with Crippen LogP contribution in [0.3, 0.4) is 0 Å². The Morgan fingerprint density at radius 2 is 1.92 bits per heavy atom. The molecule has 2 heterocycles. The number of hydrogen-bond donors (Lipinski definition) is 1. The quantitative estimate of drug-likeness (QED) is 0.445. The van der Waals surface area contributed by atoms with Gasteiger partial charge in [0.05, 0.1) is 18.3 Å². The number of aromatic nitrogens is 1. The van der Waals surface area contributed by atoms with Crippen LogP contribution in [0.4, 0.5) is 5.69 Å². The van der Waals surface area contributed by atoms with Crippen LogP contribution in [0.5, 0.6) is 5.75 Å². The van der Waals surface area contributed by atoms with Crippen molar-refractivity contribution >= 4 is 39.5 Å². The van der Waals surface area contributed by atoms with Crippen molar-refractivity contribution in [3.8, 4) is 17.0 Å². The Bertz CT molecular complexity index is 1030. The van der Waals surface area contributed by atoms with Crippen LogP contribution in [-0.4, -0.2) is 12.1 Å². The van der Waals surface area contributed by atoms with E-state index in [0.29, 0.717) is 6.54 Å². The van der Waals surface area contributed by atoms with Crippen LogP contribution in [0.2, 0.25) is 5.02 Å². The van der Waals surface area contributed by atoms with Crippen molar-refractivity contribution in [2.75, 3.05) is 12.4 Å². The fraction of sp³-hybridized carbons (Fsp3) is 0.0952. The molecule has 5 heteroatoms. The zero-order valence-corrected chi connectivity index (χ0v) is 15.8. The molecule has 2 aromatic carbocycles. The highest BCUT2D eigenvalue weighted by Gasteiger charge is 2.11. The number of methoxy groups -OCH3 is 1. The van der Waals surface area contributed by atoms with Gasteiger partial charge < -0.3 is 10.1 Å². The highest BCUT2D eigenvalue weighted by molar-refractivity contribution is 7.08. The van der Waals surface area contributed by atoms with Crippen molar-refractivity contribution < 1.29 is 4.74 Å². The number of halogens is 1. The zero-order valence-electron chi connectivity index (χ0n) is 14.2. The van der Waals surface area contributed by atoms with Crippen molar-refractivity contribution in [2.24, 2.45) is 0 Å². The van der Waals surface area contributed by atoms with Gasteiger partial charge in [0.15, 0.2) is 0 Å². The molecule has 0 fully saturated rings. The summed E-state index contributed by atoms with van der Waals surface area (Å²) in [5.41, 5.74) is 5.23. The predicted octanol–water partition coefficient (Wildman–Crippen LogP) is 6.24. The van der Waals surface area contributed by atoms with Crippen molar-refractivity contribution in [2.45, 2.75) is 6.54 Å². The standard InChI is InChI=1S/C21H17ClN2OS/c1-25-19-7-2-14-10-16(12-23-18-5-3-17(22)4-6-18)21(24-20(14)11-19)15-8-9-26-13-15/h2-11,13,23H,12H2,1H3. The monoisotopic (exact) mass is 380 g/mol. The van der Waals surface area contributed by atoms with E-state index in [2.05, 4.69) is 28.2 Å². The summed E-state index contributed by atoms with van der Waals surface area (Å²) in [7, 11) is 1.67. The van der Waals surface area contributed by atoms with Crippen LogP contribution in [0.1, 0.15) is 5.56 Å². The molecule has 0 amide bonds. The molecule has 0 saturated heterocycles. The van der Waals surface area contributed by atoms with Crippen molar-refractivity contribution in [1.82, 2.24) is 4.98 Å². The summed E-state index contributed by atoms with van der Waals surface area (Å²) in [4.78, 5) is 4.92. The second-order valence-electron chi connectivity index (χ2n) is 5.93. The molecule has 130 valence electrons. The van der Waals surface area contributed by atoms with Crippen LogP contribution >= 0.6 is 22.9 Å². The molecule has 0 atom stereocenters. The predicted molar refractivity (Wildman–Crippen MR) is 110 cm³/mol. The van der Waals surface area contributed by atoms with E-state index >= 15 is 0 Å². The number of rotatable bonds is 5. The molecule has 26 heavy (non-hydrogen) atoms. The Labute approximate surface area is 161 Å². The van der Waals surface area contributed by atoms with E-state index in [9.17, 15) is 0 Å². The van der Waals surface area contributed by atoms with E-state index in [-0.39, 0.29) is 0 Å². The summed E-state index contributed by atoms with van der Waals surface area (Å²) >= 11 is 7.64. The largest absolute Gasteiger partial charge is 0.497 e. The molecule has 0 radical (unpaired) electrons. The molecule has 4 rings (SSSR count). The average molecular weight is 381 g/mol. The van der Waals surface area contributed by atoms with Crippen molar-refractivity contribution in [3.05, 3.63) is 75.9 Å². The molecule has 3 nitrogen and oxygen atoms in total. The molecule has 0 aliphatic rings. The minimum absolute atomic E-state index is 0.682. The maximum Gasteiger partial charge on any atom is 0.121 e. The van der Waals surface area contributed by atoms with Crippen LogP contribution in [0.15, 0.2) is 65.4 Å². The van der Waals surface area contributed by atoms with Crippen molar-refractivity contribution in [1.29, 1.82) is 0 Å². The summed E-state index contributed by atoms with van der Waals surface area (Å²) < 4.78 is 5.34. The lowest BCUT2D eigenvalue weighted by Gasteiger charge is -2.13. The molecule has 0 aliphatic heterocycles. The van der Waals surface area contributed by atoms with Gasteiger partial charge in [-0.15, -0.1) is 0 Å². The maximum absolute atomic E-state index is 5.96. The number of nitrogens with zero attached hydrogens (tertiary/aromatic N) is 1. The molecular formula is C21H17ClN2OS. The van der Waals surface area contributed by atoms with Crippen molar-refractivity contribution in [3.63, 3.8) is 0 Å². The fourth-order valence-corrected chi connectivity index (χ4v) is 3.63. The van der Waals surface area contributed by atoms with Gasteiger partial charge in [-0.25, -0.2) is 4.98 Å². The van der Waals surface area contributed by atoms with E-state index in [1.54, 1.807) is 18.4 Å². The number of fused-ring (bicyclic) bond motifs is 1. The van der Waals surface area contributed by atoms with Gasteiger partial charge in [0.1, 0.15) is 5.75 Å². The minimum Gasteiger partial charge on any atom is -0.497 e. The third kappa shape index (κ3) is 3.52. The van der Waals surface area contributed by atoms with E-state index in [4.69, 9.17) is 21.3 Å². The molecule has 4 aromatic rings. The van der Waals surface area contributed by atoms with E-state index in [1.165, 1.54) is 0 Å². The van der Waals surface area contributed by atoms with Gasteiger partial charge in [-0.2, -0.15) is 11.3 Å². The second-order valence-corrected chi connectivity index (χ2v) is 7.14. The van der Waals surface area contributed by atoms with Crippen LogP contribution in [-0.2, 0) is 6.54 Å². The van der Waals surface area contributed by atoms with Gasteiger partial charge in [0.25, 0.3) is 0 Å². The molecule has 0 saturated carbocycles. The molecular weight excluding hydrogens is 364 g/mol. The Hall–Kier alpha value is -2.56. The molecule has 1 N–H and O–H groups in total. The van der Waals surface area contributed by atoms with Crippen LogP contribution < -0.4 is 10.1 Å². The highest BCUT2D eigenvalue weighted by Crippen LogP contribution is 2.29. The first-order chi connectivity index (χ1) is 12.7. The Balaban J connectivity index is 1.73. The topological polar surface area (TPSA) is 34.1 Å². The molecule has 0 bridgehead atoms. The number of ether oxygens (including phenoxy) is 1. The summed E-state index contributed by atoms with van der Waals surface area (Å²) in [6.07, 6.45) is 0. The second kappa shape index (κ2) is 7.36. The number of thiophene rings is 1. The van der Waals surface area contributed by atoms with Crippen LogP contribution in [0, 0.1) is 0 Å². The molecule has 2 aromatic heterocycles. The Morgan fingerprint density at radius 3 is 2.65 bits per heavy atom. The summed E-state index contributed by atoms with van der Waals surface area (Å²) in [6.45, 7) is 0.682. The maximum atomic E-state index is 5.96. The van der Waals surface area contributed by atoms with Gasteiger partial charge in [-0.05, 0) is 59.5 Å². The average Bonchev–Trinajstić information content (AvgIpc) is 3.21. The van der Waals surface area contributed by atoms with E-state index < -0.39 is 0 Å². The Kier molecular flexibility index (Phi) is 4.78. The molecule has 0 unspecified atom stereocenters. The zero-order chi connectivity index (χ0) is 17.9. The summed E-state index contributed by atoms with van der Waals surface area (Å²) in [5, 5.41) is 9.48. The number of nitrogens with one attached hydrogen (secondary N) is 1. The van der Waals surface area contributed by atoms with Crippen LogP contribution in [0.25, 0.3) is 22.2 Å². The molecule has 0 aliphatic carbocycles. The van der Waals surface area contributed by atoms with Gasteiger partial charge in [0, 0.05) is 39.7 Å². The van der Waals surface area contributed by atoms with Gasteiger partial charge in [-0.1, -0.05) is 11.6 Å². The van der Waals surface area contributed by atoms with E-state index in [1.807, 2.05) is 42.5 Å². The number of benzene rings is 2. The lowest BCUT2D eigenvalue weighted by atomic mass is 10.0. The first kappa shape index (κ1) is 16.9. The third-order valence-corrected chi connectivity index (χ3v) is 5.16. The summed E-state index contributed by atoms with van der Waals surface area (Å²) in [5.74, 6) is 0.813. The van der Waals surface area contributed by atoms with E-state index in [0.717, 1.165) is 44.2 Å². The highest BCUT2D eigenvalue weighted by atomic mass is 35.5. The SMILES string of the molecule is COc1ccc2cc(CNc3ccc(Cl)cc3)c(-c3ccsc3)nc2c1. The van der Waals surface area contributed by atoms with Gasteiger partial charge >= 0.3 is 0 Å². The first-order valence-corrected chi connectivity index (χ1v) is 9.55. The Morgan fingerprint density at radius 1 is 1.08 bits per heavy atom. The first-order valence-electron chi connectivity index (χ1n) is 8.22. The number of anilines is 1. The van der Waals surface area contributed by atoms with Gasteiger partial charge in [0.2, 0.25) is 0 Å². The minimum atomic E-state index is 0.682. The number of hydrogen-bond acceptors (Lipinski definition) is 4. The smallest absolute Gasteiger partial charge is 0.121 e.